The van der Waals surface area contributed by atoms with Crippen LogP contribution in [-0.4, -0.2) is 50.3 Å². The van der Waals surface area contributed by atoms with E-state index >= 15 is 0 Å². The molecule has 0 radical (unpaired) electrons. The van der Waals surface area contributed by atoms with Gasteiger partial charge in [-0.05, 0) is 39.8 Å². The minimum absolute atomic E-state index is 0.0705. The highest BCUT2D eigenvalue weighted by atomic mass is 32.2. The lowest BCUT2D eigenvalue weighted by molar-refractivity contribution is -0.118. The third-order valence-corrected chi connectivity index (χ3v) is 4.15. The van der Waals surface area contributed by atoms with Crippen LogP contribution in [0.15, 0.2) is 18.2 Å². The minimum atomic E-state index is -3.46. The summed E-state index contributed by atoms with van der Waals surface area (Å²) >= 11 is 0. The number of aryl methyl sites for hydroxylation is 1. The summed E-state index contributed by atoms with van der Waals surface area (Å²) in [6.45, 7) is 8.61. The zero-order chi connectivity index (χ0) is 17.4. The Kier molecular flexibility index (Phi) is 4.73. The van der Waals surface area contributed by atoms with Crippen molar-refractivity contribution in [1.29, 1.82) is 0 Å². The number of sulfonamides is 1. The molecule has 1 fully saturated rings. The van der Waals surface area contributed by atoms with E-state index in [4.69, 9.17) is 4.74 Å². The van der Waals surface area contributed by atoms with Crippen molar-refractivity contribution in [3.05, 3.63) is 29.3 Å². The summed E-state index contributed by atoms with van der Waals surface area (Å²) in [5, 5.41) is 0. The number of hydrogen-bond acceptors (Lipinski definition) is 4. The maximum Gasteiger partial charge on any atom is 0.256 e. The summed E-state index contributed by atoms with van der Waals surface area (Å²) in [7, 11) is -3.46. The number of morpholine rings is 1. The zero-order valence-electron chi connectivity index (χ0n) is 14.2. The van der Waals surface area contributed by atoms with Gasteiger partial charge in [-0.3, -0.25) is 9.52 Å². The van der Waals surface area contributed by atoms with Crippen molar-refractivity contribution < 1.29 is 17.9 Å². The van der Waals surface area contributed by atoms with Crippen LogP contribution < -0.4 is 4.72 Å². The number of nitrogens with zero attached hydrogens (tertiary/aromatic N) is 1. The predicted octanol–water partition coefficient (Wildman–Crippen LogP) is 2.01. The van der Waals surface area contributed by atoms with Crippen LogP contribution in [0.5, 0.6) is 0 Å². The van der Waals surface area contributed by atoms with E-state index in [2.05, 4.69) is 4.72 Å². The summed E-state index contributed by atoms with van der Waals surface area (Å²) in [6.07, 6.45) is 1.000. The number of benzene rings is 1. The normalized spacial score (nSPS) is 21.1. The Morgan fingerprint density at radius 1 is 1.39 bits per heavy atom. The SMILES string of the molecule is Cc1ccc(NS(C)(=O)=O)c(C(=O)N2CC(C)OC(C)(C)C2)c1. The highest BCUT2D eigenvalue weighted by Gasteiger charge is 2.34. The van der Waals surface area contributed by atoms with Gasteiger partial charge in [-0.15, -0.1) is 0 Å². The highest BCUT2D eigenvalue weighted by Crippen LogP contribution is 2.25. The number of anilines is 1. The van der Waals surface area contributed by atoms with E-state index in [1.54, 1.807) is 23.1 Å². The first-order valence-electron chi connectivity index (χ1n) is 7.52. The molecule has 1 heterocycles. The predicted molar refractivity (Wildman–Crippen MR) is 90.2 cm³/mol. The van der Waals surface area contributed by atoms with Crippen LogP contribution in [0, 0.1) is 6.92 Å². The molecule has 0 aliphatic carbocycles. The van der Waals surface area contributed by atoms with Crippen molar-refractivity contribution in [2.24, 2.45) is 0 Å². The van der Waals surface area contributed by atoms with Crippen molar-refractivity contribution in [3.8, 4) is 0 Å². The number of rotatable bonds is 3. The van der Waals surface area contributed by atoms with Crippen LogP contribution >= 0.6 is 0 Å². The van der Waals surface area contributed by atoms with Gasteiger partial charge in [0.1, 0.15) is 0 Å². The lowest BCUT2D eigenvalue weighted by atomic mass is 10.0. The molecule has 128 valence electrons. The first-order valence-corrected chi connectivity index (χ1v) is 9.41. The summed E-state index contributed by atoms with van der Waals surface area (Å²) < 4.78 is 31.3. The average Bonchev–Trinajstić information content (AvgIpc) is 2.36. The molecule has 1 aliphatic heterocycles. The molecule has 2 rings (SSSR count). The second kappa shape index (κ2) is 6.13. The van der Waals surface area contributed by atoms with E-state index in [9.17, 15) is 13.2 Å². The quantitative estimate of drug-likeness (QED) is 0.913. The molecule has 1 atom stereocenters. The fourth-order valence-corrected chi connectivity index (χ4v) is 3.48. The van der Waals surface area contributed by atoms with E-state index in [-0.39, 0.29) is 12.0 Å². The van der Waals surface area contributed by atoms with Gasteiger partial charge in [0.05, 0.1) is 29.2 Å². The summed E-state index contributed by atoms with van der Waals surface area (Å²) in [5.74, 6) is -0.192. The second-order valence-corrected chi connectivity index (χ2v) is 8.55. The van der Waals surface area contributed by atoms with Gasteiger partial charge in [0, 0.05) is 13.1 Å². The molecule has 1 amide bonds. The van der Waals surface area contributed by atoms with Gasteiger partial charge in [-0.2, -0.15) is 0 Å². The van der Waals surface area contributed by atoms with Crippen molar-refractivity contribution in [1.82, 2.24) is 4.90 Å². The number of nitrogens with one attached hydrogen (secondary N) is 1. The Morgan fingerprint density at radius 3 is 2.61 bits per heavy atom. The maximum atomic E-state index is 12.9. The Hall–Kier alpha value is -1.60. The van der Waals surface area contributed by atoms with Crippen LogP contribution in [0.3, 0.4) is 0 Å². The van der Waals surface area contributed by atoms with Crippen molar-refractivity contribution in [2.45, 2.75) is 39.4 Å². The van der Waals surface area contributed by atoms with Gasteiger partial charge in [-0.1, -0.05) is 11.6 Å². The van der Waals surface area contributed by atoms with Crippen molar-refractivity contribution >= 4 is 21.6 Å². The zero-order valence-corrected chi connectivity index (χ0v) is 15.0. The van der Waals surface area contributed by atoms with E-state index in [0.29, 0.717) is 24.3 Å². The fourth-order valence-electron chi connectivity index (χ4n) is 2.90. The van der Waals surface area contributed by atoms with Crippen LogP contribution in [0.2, 0.25) is 0 Å². The van der Waals surface area contributed by atoms with Gasteiger partial charge in [0.25, 0.3) is 5.91 Å². The molecule has 0 spiro atoms. The van der Waals surface area contributed by atoms with E-state index in [0.717, 1.165) is 11.8 Å². The van der Waals surface area contributed by atoms with Crippen LogP contribution in [-0.2, 0) is 14.8 Å². The molecule has 1 aliphatic rings. The smallest absolute Gasteiger partial charge is 0.256 e. The molecule has 6 nitrogen and oxygen atoms in total. The highest BCUT2D eigenvalue weighted by molar-refractivity contribution is 7.92. The molecule has 1 unspecified atom stereocenters. The monoisotopic (exact) mass is 340 g/mol. The molecule has 1 aromatic rings. The Labute approximate surface area is 137 Å². The fraction of sp³-hybridized carbons (Fsp3) is 0.562. The van der Waals surface area contributed by atoms with Gasteiger partial charge in [0.15, 0.2) is 0 Å². The molecular formula is C16H24N2O4S. The average molecular weight is 340 g/mol. The molecular weight excluding hydrogens is 316 g/mol. The Bertz CT molecular complexity index is 713. The van der Waals surface area contributed by atoms with Crippen LogP contribution in [0.4, 0.5) is 5.69 Å². The standard InChI is InChI=1S/C16H24N2O4S/c1-11-6-7-14(17-23(5,20)21)13(8-11)15(19)18-9-12(2)22-16(3,4)10-18/h6-8,12,17H,9-10H2,1-5H3. The number of hydrogen-bond donors (Lipinski definition) is 1. The molecule has 23 heavy (non-hydrogen) atoms. The van der Waals surface area contributed by atoms with E-state index < -0.39 is 15.6 Å². The van der Waals surface area contributed by atoms with Crippen molar-refractivity contribution in [2.75, 3.05) is 24.1 Å². The molecule has 0 saturated carbocycles. The number of carbonyl (C=O) groups is 1. The number of amides is 1. The Morgan fingerprint density at radius 2 is 2.04 bits per heavy atom. The molecule has 0 aromatic heterocycles. The summed E-state index contributed by atoms with van der Waals surface area (Å²) in [4.78, 5) is 14.6. The third kappa shape index (κ3) is 4.68. The Balaban J connectivity index is 2.36. The lowest BCUT2D eigenvalue weighted by Gasteiger charge is -2.41. The second-order valence-electron chi connectivity index (χ2n) is 6.80. The number of ether oxygens (including phenoxy) is 1. The molecule has 1 saturated heterocycles. The van der Waals surface area contributed by atoms with Crippen LogP contribution in [0.1, 0.15) is 36.7 Å². The number of carbonyl (C=O) groups excluding carboxylic acids is 1. The molecule has 0 bridgehead atoms. The molecule has 7 heteroatoms. The largest absolute Gasteiger partial charge is 0.369 e. The summed E-state index contributed by atoms with van der Waals surface area (Å²) in [5.41, 5.74) is 1.13. The minimum Gasteiger partial charge on any atom is -0.369 e. The summed E-state index contributed by atoms with van der Waals surface area (Å²) in [6, 6.07) is 5.11. The first kappa shape index (κ1) is 17.7. The van der Waals surface area contributed by atoms with Gasteiger partial charge >= 0.3 is 0 Å². The van der Waals surface area contributed by atoms with Gasteiger partial charge in [-0.25, -0.2) is 8.42 Å². The van der Waals surface area contributed by atoms with Crippen molar-refractivity contribution in [3.63, 3.8) is 0 Å². The topological polar surface area (TPSA) is 75.7 Å². The lowest BCUT2D eigenvalue weighted by Crippen LogP contribution is -2.53. The van der Waals surface area contributed by atoms with Gasteiger partial charge < -0.3 is 9.64 Å². The molecule has 1 aromatic carbocycles. The maximum absolute atomic E-state index is 12.9. The van der Waals surface area contributed by atoms with E-state index in [1.807, 2.05) is 27.7 Å². The van der Waals surface area contributed by atoms with Gasteiger partial charge in [0.2, 0.25) is 10.0 Å². The van der Waals surface area contributed by atoms with Crippen LogP contribution in [0.25, 0.3) is 0 Å². The van der Waals surface area contributed by atoms with E-state index in [1.165, 1.54) is 0 Å². The molecule has 1 N–H and O–H groups in total. The first-order chi connectivity index (χ1) is 10.5. The third-order valence-electron chi connectivity index (χ3n) is 3.56.